The van der Waals surface area contributed by atoms with E-state index in [4.69, 9.17) is 0 Å². The number of phenolic OH excluding ortho intramolecular Hbond substituents is 2. The third-order valence-electron chi connectivity index (χ3n) is 4.01. The van der Waals surface area contributed by atoms with Gasteiger partial charge in [0.15, 0.2) is 0 Å². The van der Waals surface area contributed by atoms with Crippen LogP contribution >= 0.6 is 0 Å². The quantitative estimate of drug-likeness (QED) is 0.888. The molecule has 0 unspecified atom stereocenters. The normalized spacial score (nSPS) is 11.7. The average molecular weight is 320 g/mol. The molecule has 0 bridgehead atoms. The van der Waals surface area contributed by atoms with Crippen molar-refractivity contribution in [3.8, 4) is 11.5 Å². The van der Waals surface area contributed by atoms with Gasteiger partial charge in [-0.3, -0.25) is 0 Å². The Morgan fingerprint density at radius 2 is 1.27 bits per heavy atom. The van der Waals surface area contributed by atoms with E-state index in [0.29, 0.717) is 27.8 Å². The van der Waals surface area contributed by atoms with Gasteiger partial charge < -0.3 is 10.2 Å². The Balaban J connectivity index is 2.83. The van der Waals surface area contributed by atoms with E-state index in [2.05, 4.69) is 0 Å². The second-order valence-electron chi connectivity index (χ2n) is 5.70. The van der Waals surface area contributed by atoms with Crippen molar-refractivity contribution >= 4 is 9.84 Å². The maximum absolute atomic E-state index is 13.1. The fourth-order valence-corrected chi connectivity index (χ4v) is 4.85. The van der Waals surface area contributed by atoms with E-state index >= 15 is 0 Å². The number of hydrogen-bond acceptors (Lipinski definition) is 4. The molecule has 0 aromatic heterocycles. The molecule has 0 saturated carbocycles. The summed E-state index contributed by atoms with van der Waals surface area (Å²) < 4.78 is 26.1. The molecule has 2 aromatic carbocycles. The molecule has 0 spiro atoms. The molecule has 0 aliphatic heterocycles. The van der Waals surface area contributed by atoms with Crippen molar-refractivity contribution < 1.29 is 18.6 Å². The van der Waals surface area contributed by atoms with Crippen LogP contribution in [-0.2, 0) is 9.84 Å². The summed E-state index contributed by atoms with van der Waals surface area (Å²) in [5, 5.41) is 19.6. The van der Waals surface area contributed by atoms with Crippen molar-refractivity contribution in [3.05, 3.63) is 46.0 Å². The van der Waals surface area contributed by atoms with Crippen LogP contribution < -0.4 is 0 Å². The van der Waals surface area contributed by atoms with Gasteiger partial charge in [0.2, 0.25) is 9.84 Å². The smallest absolute Gasteiger partial charge is 0.207 e. The van der Waals surface area contributed by atoms with E-state index in [0.717, 1.165) is 0 Å². The third-order valence-corrected chi connectivity index (χ3v) is 6.20. The third kappa shape index (κ3) is 2.46. The molecule has 4 nitrogen and oxygen atoms in total. The lowest BCUT2D eigenvalue weighted by atomic mass is 10.1. The van der Waals surface area contributed by atoms with Gasteiger partial charge in [-0.15, -0.1) is 0 Å². The van der Waals surface area contributed by atoms with Gasteiger partial charge >= 0.3 is 0 Å². The molecule has 0 saturated heterocycles. The van der Waals surface area contributed by atoms with Crippen LogP contribution in [0.3, 0.4) is 0 Å². The largest absolute Gasteiger partial charge is 0.508 e. The lowest BCUT2D eigenvalue weighted by molar-refractivity contribution is 0.465. The number of benzene rings is 2. The average Bonchev–Trinajstić information content (AvgIpc) is 2.38. The van der Waals surface area contributed by atoms with Crippen LogP contribution in [0.4, 0.5) is 0 Å². The van der Waals surface area contributed by atoms with Crippen molar-refractivity contribution in [3.63, 3.8) is 0 Å². The minimum atomic E-state index is -3.73. The van der Waals surface area contributed by atoms with Crippen molar-refractivity contribution in [1.29, 1.82) is 0 Å². The number of phenols is 2. The van der Waals surface area contributed by atoms with Gasteiger partial charge in [-0.1, -0.05) is 0 Å². The Bertz CT molecular complexity index is 842. The van der Waals surface area contributed by atoms with Crippen LogP contribution in [-0.4, -0.2) is 18.6 Å². The maximum atomic E-state index is 13.1. The van der Waals surface area contributed by atoms with Gasteiger partial charge in [-0.05, 0) is 80.6 Å². The predicted octanol–water partition coefficient (Wildman–Crippen LogP) is 3.47. The zero-order valence-electron chi connectivity index (χ0n) is 13.4. The van der Waals surface area contributed by atoms with Crippen molar-refractivity contribution in [2.75, 3.05) is 0 Å². The summed E-state index contributed by atoms with van der Waals surface area (Å²) in [5.41, 5.74) is 2.62. The highest BCUT2D eigenvalue weighted by Crippen LogP contribution is 2.36. The van der Waals surface area contributed by atoms with Gasteiger partial charge in [0, 0.05) is 0 Å². The standard InChI is InChI=1S/C17H20O4S/c1-9-8-15(12(4)13(5)16(9)19)22(20,21)17-10(2)6-14(18)7-11(17)3/h6-8,18-19H,1-5H3. The summed E-state index contributed by atoms with van der Waals surface area (Å²) in [5.74, 6) is 0.166. The summed E-state index contributed by atoms with van der Waals surface area (Å²) >= 11 is 0. The molecule has 118 valence electrons. The summed E-state index contributed by atoms with van der Waals surface area (Å²) in [6.07, 6.45) is 0. The van der Waals surface area contributed by atoms with Gasteiger partial charge in [0.1, 0.15) is 11.5 Å². The van der Waals surface area contributed by atoms with E-state index in [-0.39, 0.29) is 21.3 Å². The number of aromatic hydroxyl groups is 2. The van der Waals surface area contributed by atoms with Crippen LogP contribution in [0.25, 0.3) is 0 Å². The Morgan fingerprint density at radius 1 is 0.773 bits per heavy atom. The Labute approximate surface area is 131 Å². The fourth-order valence-electron chi connectivity index (χ4n) is 2.77. The van der Waals surface area contributed by atoms with Crippen molar-refractivity contribution in [1.82, 2.24) is 0 Å². The molecule has 2 rings (SSSR count). The molecule has 0 atom stereocenters. The van der Waals surface area contributed by atoms with E-state index < -0.39 is 9.84 Å². The zero-order valence-corrected chi connectivity index (χ0v) is 14.2. The maximum Gasteiger partial charge on any atom is 0.207 e. The number of hydrogen-bond donors (Lipinski definition) is 2. The highest BCUT2D eigenvalue weighted by molar-refractivity contribution is 7.91. The van der Waals surface area contributed by atoms with E-state index in [1.165, 1.54) is 18.2 Å². The molecule has 0 radical (unpaired) electrons. The van der Waals surface area contributed by atoms with Crippen molar-refractivity contribution in [2.45, 2.75) is 44.4 Å². The van der Waals surface area contributed by atoms with Gasteiger partial charge in [0.05, 0.1) is 9.79 Å². The predicted molar refractivity (Wildman–Crippen MR) is 85.4 cm³/mol. The first-order valence-electron chi connectivity index (χ1n) is 6.92. The van der Waals surface area contributed by atoms with E-state index in [9.17, 15) is 18.6 Å². The van der Waals surface area contributed by atoms with Crippen LogP contribution in [0.5, 0.6) is 11.5 Å². The number of rotatable bonds is 2. The zero-order chi connectivity index (χ0) is 16.8. The molecule has 0 aliphatic rings. The van der Waals surface area contributed by atoms with Gasteiger partial charge in [-0.25, -0.2) is 8.42 Å². The van der Waals surface area contributed by atoms with Gasteiger partial charge in [0.25, 0.3) is 0 Å². The summed E-state index contributed by atoms with van der Waals surface area (Å²) in [6.45, 7) is 8.39. The Hall–Kier alpha value is -2.01. The molecule has 0 amide bonds. The topological polar surface area (TPSA) is 74.6 Å². The van der Waals surface area contributed by atoms with Gasteiger partial charge in [-0.2, -0.15) is 0 Å². The molecule has 22 heavy (non-hydrogen) atoms. The minimum Gasteiger partial charge on any atom is -0.508 e. The monoisotopic (exact) mass is 320 g/mol. The summed E-state index contributed by atoms with van der Waals surface area (Å²) in [6, 6.07) is 4.38. The summed E-state index contributed by atoms with van der Waals surface area (Å²) in [7, 11) is -3.73. The molecule has 5 heteroatoms. The van der Waals surface area contributed by atoms with E-state index in [1.807, 2.05) is 0 Å². The SMILES string of the molecule is Cc1cc(S(=O)(=O)c2c(C)cc(O)cc2C)c(C)c(C)c1O. The van der Waals surface area contributed by atoms with Crippen LogP contribution in [0.1, 0.15) is 27.8 Å². The minimum absolute atomic E-state index is 0.0451. The molecule has 0 fully saturated rings. The fraction of sp³-hybridized carbons (Fsp3) is 0.294. The second-order valence-corrected chi connectivity index (χ2v) is 7.56. The first-order chi connectivity index (χ1) is 10.1. The van der Waals surface area contributed by atoms with Crippen LogP contribution in [0, 0.1) is 34.6 Å². The summed E-state index contributed by atoms with van der Waals surface area (Å²) in [4.78, 5) is 0.398. The van der Waals surface area contributed by atoms with E-state index in [1.54, 1.807) is 34.6 Å². The molecule has 2 N–H and O–H groups in total. The molecule has 2 aromatic rings. The molecular weight excluding hydrogens is 300 g/mol. The molecular formula is C17H20O4S. The first kappa shape index (κ1) is 16.4. The second kappa shape index (κ2) is 5.32. The highest BCUT2D eigenvalue weighted by Gasteiger charge is 2.26. The van der Waals surface area contributed by atoms with Crippen molar-refractivity contribution in [2.24, 2.45) is 0 Å². The molecule has 0 aliphatic carbocycles. The highest BCUT2D eigenvalue weighted by atomic mass is 32.2. The Morgan fingerprint density at radius 3 is 1.77 bits per heavy atom. The molecule has 0 heterocycles. The lowest BCUT2D eigenvalue weighted by Crippen LogP contribution is -2.09. The van der Waals surface area contributed by atoms with Crippen LogP contribution in [0.15, 0.2) is 28.0 Å². The number of sulfone groups is 1. The first-order valence-corrected chi connectivity index (χ1v) is 8.40. The number of aryl methyl sites for hydroxylation is 3. The van der Waals surface area contributed by atoms with Crippen LogP contribution in [0.2, 0.25) is 0 Å². The Kier molecular flexibility index (Phi) is 3.96. The lowest BCUT2D eigenvalue weighted by Gasteiger charge is -2.16.